The summed E-state index contributed by atoms with van der Waals surface area (Å²) in [6.07, 6.45) is 2.48. The number of amides is 2. The van der Waals surface area contributed by atoms with Crippen molar-refractivity contribution in [2.45, 2.75) is 19.4 Å². The summed E-state index contributed by atoms with van der Waals surface area (Å²) in [7, 11) is 1.88. The van der Waals surface area contributed by atoms with Gasteiger partial charge in [-0.2, -0.15) is 5.10 Å². The molecule has 0 aliphatic heterocycles. The van der Waals surface area contributed by atoms with E-state index in [-0.39, 0.29) is 12.1 Å². The third kappa shape index (κ3) is 4.32. The molecule has 2 aromatic rings. The first-order valence-corrected chi connectivity index (χ1v) is 6.93. The summed E-state index contributed by atoms with van der Waals surface area (Å²) in [5.74, 6) is 0. The Labute approximate surface area is 124 Å². The molecule has 2 amide bonds. The lowest BCUT2D eigenvalue weighted by molar-refractivity contribution is 0.252. The minimum absolute atomic E-state index is 0.0559. The Morgan fingerprint density at radius 2 is 2.24 bits per heavy atom. The van der Waals surface area contributed by atoms with Crippen LogP contribution < -0.4 is 16.4 Å². The molecule has 4 N–H and O–H groups in total. The Bertz CT molecular complexity index is 606. The summed E-state index contributed by atoms with van der Waals surface area (Å²) in [6, 6.07) is 9.20. The molecule has 1 heterocycles. The fourth-order valence-electron chi connectivity index (χ4n) is 2.03. The van der Waals surface area contributed by atoms with Crippen LogP contribution in [0.2, 0.25) is 0 Å². The largest absolute Gasteiger partial charge is 0.337 e. The van der Waals surface area contributed by atoms with Gasteiger partial charge in [-0.15, -0.1) is 0 Å². The number of urea groups is 1. The number of nitrogens with zero attached hydrogens (tertiary/aromatic N) is 2. The monoisotopic (exact) mass is 287 g/mol. The van der Waals surface area contributed by atoms with Crippen LogP contribution in [-0.2, 0) is 13.5 Å². The highest BCUT2D eigenvalue weighted by molar-refractivity contribution is 5.89. The van der Waals surface area contributed by atoms with E-state index in [1.165, 1.54) is 0 Å². The molecule has 1 aromatic heterocycles. The van der Waals surface area contributed by atoms with Crippen LogP contribution in [0.4, 0.5) is 10.5 Å². The summed E-state index contributed by atoms with van der Waals surface area (Å²) in [5, 5.41) is 9.71. The molecule has 6 nitrogen and oxygen atoms in total. The van der Waals surface area contributed by atoms with Gasteiger partial charge in [0.25, 0.3) is 0 Å². The maximum atomic E-state index is 11.8. The molecule has 1 unspecified atom stereocenters. The van der Waals surface area contributed by atoms with Gasteiger partial charge in [-0.05, 0) is 30.7 Å². The summed E-state index contributed by atoms with van der Waals surface area (Å²) in [4.78, 5) is 11.8. The van der Waals surface area contributed by atoms with Gasteiger partial charge in [0, 0.05) is 43.6 Å². The van der Waals surface area contributed by atoms with Crippen molar-refractivity contribution < 1.29 is 4.79 Å². The van der Waals surface area contributed by atoms with E-state index in [2.05, 4.69) is 15.7 Å². The van der Waals surface area contributed by atoms with Crippen molar-refractivity contribution in [1.82, 2.24) is 15.1 Å². The average molecular weight is 287 g/mol. The summed E-state index contributed by atoms with van der Waals surface area (Å²) in [6.45, 7) is 2.46. The Hall–Kier alpha value is -2.34. The van der Waals surface area contributed by atoms with E-state index in [1.807, 2.05) is 44.3 Å². The van der Waals surface area contributed by atoms with Gasteiger partial charge in [0.05, 0.1) is 0 Å². The van der Waals surface area contributed by atoms with Crippen LogP contribution in [0.1, 0.15) is 24.2 Å². The maximum Gasteiger partial charge on any atom is 0.319 e. The molecule has 0 aliphatic rings. The molecule has 21 heavy (non-hydrogen) atoms. The van der Waals surface area contributed by atoms with E-state index in [4.69, 9.17) is 5.73 Å². The van der Waals surface area contributed by atoms with Crippen molar-refractivity contribution in [3.05, 3.63) is 47.8 Å². The van der Waals surface area contributed by atoms with Gasteiger partial charge in [0.15, 0.2) is 0 Å². The maximum absolute atomic E-state index is 11.8. The number of carbonyl (C=O) groups excluding carboxylic acids is 1. The zero-order chi connectivity index (χ0) is 15.2. The van der Waals surface area contributed by atoms with Crippen LogP contribution in [0, 0.1) is 0 Å². The van der Waals surface area contributed by atoms with Crippen LogP contribution in [0.3, 0.4) is 0 Å². The van der Waals surface area contributed by atoms with Gasteiger partial charge < -0.3 is 16.4 Å². The molecule has 0 bridgehead atoms. The van der Waals surface area contributed by atoms with Crippen molar-refractivity contribution in [1.29, 1.82) is 0 Å². The highest BCUT2D eigenvalue weighted by Crippen LogP contribution is 2.15. The second-order valence-corrected chi connectivity index (χ2v) is 4.99. The van der Waals surface area contributed by atoms with E-state index in [9.17, 15) is 4.79 Å². The van der Waals surface area contributed by atoms with Gasteiger partial charge in [-0.25, -0.2) is 4.79 Å². The molecule has 0 fully saturated rings. The van der Waals surface area contributed by atoms with Crippen LogP contribution in [0.25, 0.3) is 0 Å². The molecule has 6 heteroatoms. The molecule has 2 rings (SSSR count). The first kappa shape index (κ1) is 15.1. The van der Waals surface area contributed by atoms with Gasteiger partial charge in [0.1, 0.15) is 0 Å². The lowest BCUT2D eigenvalue weighted by Crippen LogP contribution is -2.30. The number of aromatic nitrogens is 2. The second kappa shape index (κ2) is 6.90. The molecule has 1 atom stereocenters. The van der Waals surface area contributed by atoms with Crippen molar-refractivity contribution >= 4 is 11.7 Å². The summed E-state index contributed by atoms with van der Waals surface area (Å²) >= 11 is 0. The van der Waals surface area contributed by atoms with Gasteiger partial charge in [0.2, 0.25) is 0 Å². The van der Waals surface area contributed by atoms with Crippen molar-refractivity contribution in [3.63, 3.8) is 0 Å². The van der Waals surface area contributed by atoms with E-state index in [0.29, 0.717) is 6.54 Å². The topological polar surface area (TPSA) is 85.0 Å². The van der Waals surface area contributed by atoms with E-state index < -0.39 is 0 Å². The number of hydrogen-bond donors (Lipinski definition) is 3. The molecule has 0 saturated heterocycles. The van der Waals surface area contributed by atoms with Crippen molar-refractivity contribution in [3.8, 4) is 0 Å². The van der Waals surface area contributed by atoms with Gasteiger partial charge in [-0.1, -0.05) is 12.1 Å². The molecule has 0 aliphatic carbocycles. The van der Waals surface area contributed by atoms with E-state index >= 15 is 0 Å². The first-order valence-electron chi connectivity index (χ1n) is 6.93. The van der Waals surface area contributed by atoms with E-state index in [1.54, 1.807) is 10.9 Å². The zero-order valence-electron chi connectivity index (χ0n) is 12.3. The molecule has 0 spiro atoms. The average Bonchev–Trinajstić information content (AvgIpc) is 2.85. The van der Waals surface area contributed by atoms with Crippen LogP contribution in [-0.4, -0.2) is 22.4 Å². The smallest absolute Gasteiger partial charge is 0.319 e. The number of nitrogens with two attached hydrogens (primary N) is 1. The number of rotatable bonds is 5. The zero-order valence-corrected chi connectivity index (χ0v) is 12.3. The third-order valence-electron chi connectivity index (χ3n) is 3.26. The Morgan fingerprint density at radius 1 is 1.43 bits per heavy atom. The number of carbonyl (C=O) groups is 1. The molecule has 0 radical (unpaired) electrons. The Morgan fingerprint density at radius 3 is 2.90 bits per heavy atom. The number of hydrogen-bond acceptors (Lipinski definition) is 3. The predicted octanol–water partition coefficient (Wildman–Crippen LogP) is 1.80. The second-order valence-electron chi connectivity index (χ2n) is 4.99. The highest BCUT2D eigenvalue weighted by Gasteiger charge is 2.05. The normalized spacial score (nSPS) is 12.0. The Kier molecular flexibility index (Phi) is 4.94. The lowest BCUT2D eigenvalue weighted by atomic mass is 10.1. The summed E-state index contributed by atoms with van der Waals surface area (Å²) < 4.78 is 1.80. The van der Waals surface area contributed by atoms with Gasteiger partial charge in [-0.3, -0.25) is 4.68 Å². The number of benzene rings is 1. The molecular formula is C15H21N5O. The van der Waals surface area contributed by atoms with Crippen LogP contribution >= 0.6 is 0 Å². The lowest BCUT2D eigenvalue weighted by Gasteiger charge is -2.10. The SMILES string of the molecule is CC(N)c1cccc(NC(=O)NCCc2ccnn2C)c1. The quantitative estimate of drug-likeness (QED) is 0.784. The fraction of sp³-hybridized carbons (Fsp3) is 0.333. The fourth-order valence-corrected chi connectivity index (χ4v) is 2.03. The number of aryl methyl sites for hydroxylation is 1. The van der Waals surface area contributed by atoms with Gasteiger partial charge >= 0.3 is 6.03 Å². The standard InChI is InChI=1S/C15H21N5O/c1-11(16)12-4-3-5-13(10-12)19-15(21)17-8-6-14-7-9-18-20(14)2/h3-5,7,9-11H,6,8,16H2,1-2H3,(H2,17,19,21). The number of nitrogens with one attached hydrogen (secondary N) is 2. The molecule has 1 aromatic carbocycles. The van der Waals surface area contributed by atoms with Crippen molar-refractivity contribution in [2.24, 2.45) is 12.8 Å². The minimum atomic E-state index is -0.223. The predicted molar refractivity (Wildman–Crippen MR) is 83.0 cm³/mol. The number of anilines is 1. The van der Waals surface area contributed by atoms with E-state index in [0.717, 1.165) is 23.4 Å². The van der Waals surface area contributed by atoms with Crippen LogP contribution in [0.15, 0.2) is 36.5 Å². The highest BCUT2D eigenvalue weighted by atomic mass is 16.2. The van der Waals surface area contributed by atoms with Crippen LogP contribution in [0.5, 0.6) is 0 Å². The first-order chi connectivity index (χ1) is 10.1. The molecule has 112 valence electrons. The molecule has 0 saturated carbocycles. The Balaban J connectivity index is 1.82. The molecular weight excluding hydrogens is 266 g/mol. The minimum Gasteiger partial charge on any atom is -0.337 e. The van der Waals surface area contributed by atoms with Crippen molar-refractivity contribution in [2.75, 3.05) is 11.9 Å². The third-order valence-corrected chi connectivity index (χ3v) is 3.26. The summed E-state index contributed by atoms with van der Waals surface area (Å²) in [5.41, 5.74) is 8.63.